The molecule has 35 heavy (non-hydrogen) atoms. The SMILES string of the molecule is COC(=O)C1(C)CCCN1Cc1cccc(OCc2nc(-c3ccc(C(F)(F)F)cc3)oc2C)c1. The molecule has 2 aromatic carbocycles. The van der Waals surface area contributed by atoms with Crippen molar-refractivity contribution in [2.45, 2.75) is 51.6 Å². The van der Waals surface area contributed by atoms with Gasteiger partial charge in [-0.1, -0.05) is 12.1 Å². The van der Waals surface area contributed by atoms with Gasteiger partial charge in [-0.2, -0.15) is 13.2 Å². The molecule has 6 nitrogen and oxygen atoms in total. The average molecular weight is 489 g/mol. The largest absolute Gasteiger partial charge is 0.487 e. The molecule has 1 aliphatic rings. The summed E-state index contributed by atoms with van der Waals surface area (Å²) < 4.78 is 55.0. The molecular weight excluding hydrogens is 461 g/mol. The number of aromatic nitrogens is 1. The number of carbonyl (C=O) groups is 1. The lowest BCUT2D eigenvalue weighted by Gasteiger charge is -2.32. The molecule has 0 saturated carbocycles. The van der Waals surface area contributed by atoms with Crippen molar-refractivity contribution >= 4 is 5.97 Å². The Kier molecular flexibility index (Phi) is 6.89. The number of hydrogen-bond acceptors (Lipinski definition) is 6. The van der Waals surface area contributed by atoms with E-state index in [1.54, 1.807) is 6.92 Å². The molecule has 1 saturated heterocycles. The third kappa shape index (κ3) is 5.35. The first-order valence-corrected chi connectivity index (χ1v) is 11.3. The maximum absolute atomic E-state index is 12.8. The number of likely N-dealkylation sites (tertiary alicyclic amines) is 1. The maximum Gasteiger partial charge on any atom is 0.416 e. The summed E-state index contributed by atoms with van der Waals surface area (Å²) in [5.41, 5.74) is 0.644. The van der Waals surface area contributed by atoms with Crippen molar-refractivity contribution < 1.29 is 31.9 Å². The van der Waals surface area contributed by atoms with Crippen LogP contribution in [0, 0.1) is 6.92 Å². The molecule has 186 valence electrons. The smallest absolute Gasteiger partial charge is 0.416 e. The van der Waals surface area contributed by atoms with Gasteiger partial charge in [0.2, 0.25) is 5.89 Å². The number of carbonyl (C=O) groups excluding carboxylic acids is 1. The predicted molar refractivity (Wildman–Crippen MR) is 123 cm³/mol. The summed E-state index contributed by atoms with van der Waals surface area (Å²) in [4.78, 5) is 18.8. The highest BCUT2D eigenvalue weighted by atomic mass is 19.4. The van der Waals surface area contributed by atoms with Gasteiger partial charge in [-0.25, -0.2) is 4.98 Å². The Labute approximate surface area is 201 Å². The van der Waals surface area contributed by atoms with Crippen LogP contribution in [0.15, 0.2) is 52.9 Å². The van der Waals surface area contributed by atoms with Crippen molar-refractivity contribution in [3.05, 3.63) is 71.1 Å². The van der Waals surface area contributed by atoms with Gasteiger partial charge in [0, 0.05) is 12.1 Å². The van der Waals surface area contributed by atoms with Crippen LogP contribution in [0.3, 0.4) is 0 Å². The molecule has 1 aromatic heterocycles. The molecule has 9 heteroatoms. The van der Waals surface area contributed by atoms with Crippen molar-refractivity contribution in [2.24, 2.45) is 0 Å². The van der Waals surface area contributed by atoms with Crippen LogP contribution >= 0.6 is 0 Å². The standard InChI is InChI=1S/C26H27F3N2O4/c1-17-22(30-23(35-17)19-8-10-20(11-9-19)26(27,28)29)16-34-21-7-4-6-18(14-21)15-31-13-5-12-25(31,2)24(32)33-3/h4,6-11,14H,5,12-13,15-16H2,1-3H3. The second kappa shape index (κ2) is 9.73. The van der Waals surface area contributed by atoms with Gasteiger partial charge in [-0.05, 0) is 75.2 Å². The van der Waals surface area contributed by atoms with Gasteiger partial charge in [-0.3, -0.25) is 9.69 Å². The Hall–Kier alpha value is -3.33. The first-order valence-electron chi connectivity index (χ1n) is 11.3. The zero-order valence-electron chi connectivity index (χ0n) is 19.8. The van der Waals surface area contributed by atoms with Crippen molar-refractivity contribution in [3.8, 4) is 17.2 Å². The molecule has 1 atom stereocenters. The second-order valence-electron chi connectivity index (χ2n) is 8.82. The van der Waals surface area contributed by atoms with Gasteiger partial charge in [0.15, 0.2) is 0 Å². The van der Waals surface area contributed by atoms with Crippen molar-refractivity contribution in [1.29, 1.82) is 0 Å². The van der Waals surface area contributed by atoms with Gasteiger partial charge >= 0.3 is 12.1 Å². The molecule has 1 unspecified atom stereocenters. The molecule has 4 rings (SSSR count). The summed E-state index contributed by atoms with van der Waals surface area (Å²) >= 11 is 0. The molecule has 0 spiro atoms. The van der Waals surface area contributed by atoms with Crippen molar-refractivity contribution in [3.63, 3.8) is 0 Å². The number of rotatable bonds is 7. The molecule has 0 N–H and O–H groups in total. The van der Waals surface area contributed by atoms with Gasteiger partial charge in [0.1, 0.15) is 29.3 Å². The molecule has 0 aliphatic carbocycles. The van der Waals surface area contributed by atoms with E-state index in [1.807, 2.05) is 31.2 Å². The van der Waals surface area contributed by atoms with Crippen LogP contribution in [0.4, 0.5) is 13.2 Å². The lowest BCUT2D eigenvalue weighted by atomic mass is 9.98. The summed E-state index contributed by atoms with van der Waals surface area (Å²) in [6, 6.07) is 12.3. The fourth-order valence-corrected chi connectivity index (χ4v) is 4.32. The van der Waals surface area contributed by atoms with Crippen LogP contribution in [0.5, 0.6) is 5.75 Å². The van der Waals surface area contributed by atoms with Gasteiger partial charge in [0.05, 0.1) is 12.7 Å². The lowest BCUT2D eigenvalue weighted by Crippen LogP contribution is -2.48. The highest BCUT2D eigenvalue weighted by Crippen LogP contribution is 2.33. The van der Waals surface area contributed by atoms with Crippen LogP contribution in [-0.2, 0) is 28.9 Å². The van der Waals surface area contributed by atoms with Gasteiger partial charge in [0.25, 0.3) is 0 Å². The zero-order valence-corrected chi connectivity index (χ0v) is 19.8. The highest BCUT2D eigenvalue weighted by molar-refractivity contribution is 5.80. The molecule has 0 radical (unpaired) electrons. The quantitative estimate of drug-likeness (QED) is 0.393. The summed E-state index contributed by atoms with van der Waals surface area (Å²) in [5.74, 6) is 1.18. The number of benzene rings is 2. The lowest BCUT2D eigenvalue weighted by molar-refractivity contribution is -0.152. The molecular formula is C26H27F3N2O4. The van der Waals surface area contributed by atoms with E-state index >= 15 is 0 Å². The van der Waals surface area contributed by atoms with Crippen LogP contribution in [0.1, 0.15) is 42.3 Å². The number of oxazole rings is 1. The summed E-state index contributed by atoms with van der Waals surface area (Å²) in [6.45, 7) is 5.18. The van der Waals surface area contributed by atoms with Crippen molar-refractivity contribution in [2.75, 3.05) is 13.7 Å². The van der Waals surface area contributed by atoms with Crippen LogP contribution in [-0.4, -0.2) is 35.0 Å². The number of methoxy groups -OCH3 is 1. The van der Waals surface area contributed by atoms with Gasteiger partial charge < -0.3 is 13.9 Å². The molecule has 1 aliphatic heterocycles. The summed E-state index contributed by atoms with van der Waals surface area (Å²) in [6.07, 6.45) is -2.72. The fourth-order valence-electron chi connectivity index (χ4n) is 4.32. The number of ether oxygens (including phenoxy) is 2. The predicted octanol–water partition coefficient (Wildman–Crippen LogP) is 5.78. The third-order valence-electron chi connectivity index (χ3n) is 6.41. The fraction of sp³-hybridized carbons (Fsp3) is 0.385. The van der Waals surface area contributed by atoms with E-state index in [2.05, 4.69) is 9.88 Å². The average Bonchev–Trinajstić information content (AvgIpc) is 3.39. The Morgan fingerprint density at radius 2 is 1.94 bits per heavy atom. The minimum atomic E-state index is -4.40. The molecule has 0 amide bonds. The number of aryl methyl sites for hydroxylation is 1. The molecule has 3 aromatic rings. The van der Waals surface area contributed by atoms with E-state index < -0.39 is 17.3 Å². The van der Waals surface area contributed by atoms with E-state index in [4.69, 9.17) is 13.9 Å². The summed E-state index contributed by atoms with van der Waals surface area (Å²) in [7, 11) is 1.41. The topological polar surface area (TPSA) is 64.8 Å². The minimum absolute atomic E-state index is 0.142. The Bertz CT molecular complexity index is 1190. The van der Waals surface area contributed by atoms with Crippen LogP contribution < -0.4 is 4.74 Å². The number of esters is 1. The van der Waals surface area contributed by atoms with E-state index in [1.165, 1.54) is 19.2 Å². The Balaban J connectivity index is 1.42. The normalized spacial score (nSPS) is 18.6. The molecule has 0 bridgehead atoms. The highest BCUT2D eigenvalue weighted by Gasteiger charge is 2.44. The molecule has 1 fully saturated rings. The first kappa shape index (κ1) is 24.8. The van der Waals surface area contributed by atoms with Gasteiger partial charge in [-0.15, -0.1) is 0 Å². The van der Waals surface area contributed by atoms with Crippen molar-refractivity contribution in [1.82, 2.24) is 9.88 Å². The Morgan fingerprint density at radius 3 is 2.63 bits per heavy atom. The third-order valence-corrected chi connectivity index (χ3v) is 6.41. The number of hydrogen-bond donors (Lipinski definition) is 0. The second-order valence-corrected chi connectivity index (χ2v) is 8.82. The first-order chi connectivity index (χ1) is 16.6. The summed E-state index contributed by atoms with van der Waals surface area (Å²) in [5, 5.41) is 0. The monoisotopic (exact) mass is 488 g/mol. The minimum Gasteiger partial charge on any atom is -0.487 e. The van der Waals surface area contributed by atoms with Crippen LogP contribution in [0.25, 0.3) is 11.5 Å². The Morgan fingerprint density at radius 1 is 1.20 bits per heavy atom. The van der Waals surface area contributed by atoms with E-state index in [9.17, 15) is 18.0 Å². The van der Waals surface area contributed by atoms with E-state index in [0.29, 0.717) is 29.3 Å². The number of halogens is 3. The van der Waals surface area contributed by atoms with E-state index in [0.717, 1.165) is 37.1 Å². The number of nitrogens with zero attached hydrogens (tertiary/aromatic N) is 2. The zero-order chi connectivity index (χ0) is 25.2. The van der Waals surface area contributed by atoms with Crippen LogP contribution in [0.2, 0.25) is 0 Å². The molecule has 2 heterocycles. The maximum atomic E-state index is 12.8. The van der Waals surface area contributed by atoms with E-state index in [-0.39, 0.29) is 18.5 Å². The number of alkyl halides is 3.